The average Bonchev–Trinajstić information content (AvgIpc) is 2.41. The number of nitrogens with zero attached hydrogens (tertiary/aromatic N) is 1. The molecule has 74 valence electrons. The molecular weight excluding hydrogens is 174 g/mol. The van der Waals surface area contributed by atoms with Gasteiger partial charge in [0.25, 0.3) is 0 Å². The Hall–Kier alpha value is -1.35. The van der Waals surface area contributed by atoms with Crippen molar-refractivity contribution in [3.05, 3.63) is 29.6 Å². The van der Waals surface area contributed by atoms with Gasteiger partial charge in [-0.15, -0.1) is 0 Å². The van der Waals surface area contributed by atoms with Crippen LogP contribution >= 0.6 is 0 Å². The van der Waals surface area contributed by atoms with Crippen LogP contribution in [0.15, 0.2) is 18.2 Å². The van der Waals surface area contributed by atoms with Crippen LogP contribution < -0.4 is 5.73 Å². The van der Waals surface area contributed by atoms with Crippen molar-refractivity contribution in [2.24, 2.45) is 5.73 Å². The number of aryl methyl sites for hydroxylation is 1. The van der Waals surface area contributed by atoms with E-state index in [-0.39, 0.29) is 5.54 Å². The highest BCUT2D eigenvalue weighted by Crippen LogP contribution is 2.21. The zero-order chi connectivity index (χ0) is 10.3. The molecule has 0 atom stereocenters. The molecule has 0 spiro atoms. The van der Waals surface area contributed by atoms with Crippen molar-refractivity contribution in [3.63, 3.8) is 0 Å². The van der Waals surface area contributed by atoms with Gasteiger partial charge in [0.1, 0.15) is 5.82 Å². The lowest BCUT2D eigenvalue weighted by atomic mass is 9.95. The molecular formula is C11H15N3. The van der Waals surface area contributed by atoms with E-state index in [0.717, 1.165) is 22.4 Å². The number of hydrogen-bond donors (Lipinski definition) is 2. The lowest BCUT2D eigenvalue weighted by Gasteiger charge is -2.18. The van der Waals surface area contributed by atoms with Gasteiger partial charge < -0.3 is 10.7 Å². The second-order valence-corrected chi connectivity index (χ2v) is 4.28. The van der Waals surface area contributed by atoms with Gasteiger partial charge in [-0.1, -0.05) is 6.07 Å². The van der Waals surface area contributed by atoms with Gasteiger partial charge in [-0.25, -0.2) is 4.98 Å². The molecule has 3 heteroatoms. The molecule has 0 bridgehead atoms. The van der Waals surface area contributed by atoms with Gasteiger partial charge in [-0.05, 0) is 38.5 Å². The first-order chi connectivity index (χ1) is 6.47. The molecule has 2 aromatic rings. The van der Waals surface area contributed by atoms with Gasteiger partial charge in [-0.3, -0.25) is 0 Å². The van der Waals surface area contributed by atoms with Crippen molar-refractivity contribution in [1.29, 1.82) is 0 Å². The summed E-state index contributed by atoms with van der Waals surface area (Å²) in [4.78, 5) is 7.54. The van der Waals surface area contributed by atoms with Crippen LogP contribution in [-0.2, 0) is 5.54 Å². The van der Waals surface area contributed by atoms with Crippen molar-refractivity contribution in [3.8, 4) is 0 Å². The van der Waals surface area contributed by atoms with E-state index in [1.54, 1.807) is 0 Å². The Bertz CT molecular complexity index is 463. The number of hydrogen-bond acceptors (Lipinski definition) is 2. The fourth-order valence-corrected chi connectivity index (χ4v) is 1.54. The average molecular weight is 189 g/mol. The van der Waals surface area contributed by atoms with Crippen molar-refractivity contribution in [1.82, 2.24) is 9.97 Å². The standard InChI is InChI=1S/C11H15N3/c1-7-13-9-5-4-8(11(2,3)12)6-10(9)14-7/h4-6H,12H2,1-3H3,(H,13,14). The molecule has 0 radical (unpaired) electrons. The summed E-state index contributed by atoms with van der Waals surface area (Å²) >= 11 is 0. The summed E-state index contributed by atoms with van der Waals surface area (Å²) < 4.78 is 0. The lowest BCUT2D eigenvalue weighted by Crippen LogP contribution is -2.28. The Kier molecular flexibility index (Phi) is 1.86. The minimum atomic E-state index is -0.298. The maximum absolute atomic E-state index is 6.02. The summed E-state index contributed by atoms with van der Waals surface area (Å²) in [6.07, 6.45) is 0. The zero-order valence-corrected chi connectivity index (χ0v) is 8.76. The molecule has 2 rings (SSSR count). The van der Waals surface area contributed by atoms with Gasteiger partial charge in [0, 0.05) is 5.54 Å². The van der Waals surface area contributed by atoms with E-state index in [9.17, 15) is 0 Å². The topological polar surface area (TPSA) is 54.7 Å². The van der Waals surface area contributed by atoms with Crippen LogP contribution in [-0.4, -0.2) is 9.97 Å². The van der Waals surface area contributed by atoms with Gasteiger partial charge in [0.2, 0.25) is 0 Å². The van der Waals surface area contributed by atoms with Crippen molar-refractivity contribution < 1.29 is 0 Å². The number of H-pyrrole nitrogens is 1. The van der Waals surface area contributed by atoms with Gasteiger partial charge >= 0.3 is 0 Å². The number of rotatable bonds is 1. The molecule has 3 nitrogen and oxygen atoms in total. The highest BCUT2D eigenvalue weighted by molar-refractivity contribution is 5.76. The predicted molar refractivity (Wildman–Crippen MR) is 58.0 cm³/mol. The molecule has 0 saturated heterocycles. The molecule has 1 aromatic heterocycles. The molecule has 0 amide bonds. The monoisotopic (exact) mass is 189 g/mol. The second kappa shape index (κ2) is 2.82. The number of aromatic nitrogens is 2. The molecule has 14 heavy (non-hydrogen) atoms. The van der Waals surface area contributed by atoms with Crippen LogP contribution in [0.1, 0.15) is 25.2 Å². The maximum Gasteiger partial charge on any atom is 0.104 e. The molecule has 0 aliphatic carbocycles. The summed E-state index contributed by atoms with van der Waals surface area (Å²) in [6, 6.07) is 6.10. The first-order valence-electron chi connectivity index (χ1n) is 4.72. The molecule has 3 N–H and O–H groups in total. The van der Waals surface area contributed by atoms with Crippen molar-refractivity contribution in [2.75, 3.05) is 0 Å². The Morgan fingerprint density at radius 2 is 2.07 bits per heavy atom. The highest BCUT2D eigenvalue weighted by Gasteiger charge is 2.14. The third-order valence-electron chi connectivity index (χ3n) is 2.34. The smallest absolute Gasteiger partial charge is 0.104 e. The van der Waals surface area contributed by atoms with E-state index >= 15 is 0 Å². The summed E-state index contributed by atoms with van der Waals surface area (Å²) in [5.74, 6) is 0.937. The van der Waals surface area contributed by atoms with Crippen LogP contribution in [0.3, 0.4) is 0 Å². The van der Waals surface area contributed by atoms with Crippen LogP contribution in [0.5, 0.6) is 0 Å². The lowest BCUT2D eigenvalue weighted by molar-refractivity contribution is 0.555. The summed E-state index contributed by atoms with van der Waals surface area (Å²) in [6.45, 7) is 5.95. The van der Waals surface area contributed by atoms with Crippen LogP contribution in [0, 0.1) is 6.92 Å². The van der Waals surface area contributed by atoms with E-state index in [0.29, 0.717) is 0 Å². The fraction of sp³-hybridized carbons (Fsp3) is 0.364. The Balaban J connectivity index is 2.62. The van der Waals surface area contributed by atoms with Gasteiger partial charge in [-0.2, -0.15) is 0 Å². The Morgan fingerprint density at radius 1 is 1.36 bits per heavy atom. The molecule has 0 aliphatic rings. The van der Waals surface area contributed by atoms with Gasteiger partial charge in [0.05, 0.1) is 11.0 Å². The molecule has 0 unspecified atom stereocenters. The van der Waals surface area contributed by atoms with E-state index in [1.165, 1.54) is 0 Å². The Labute approximate surface area is 83.3 Å². The van der Waals surface area contributed by atoms with E-state index in [4.69, 9.17) is 5.73 Å². The Morgan fingerprint density at radius 3 is 2.71 bits per heavy atom. The summed E-state index contributed by atoms with van der Waals surface area (Å²) in [5.41, 5.74) is 8.89. The third-order valence-corrected chi connectivity index (χ3v) is 2.34. The maximum atomic E-state index is 6.02. The summed E-state index contributed by atoms with van der Waals surface area (Å²) in [7, 11) is 0. The predicted octanol–water partition coefficient (Wildman–Crippen LogP) is 2.07. The first kappa shape index (κ1) is 9.21. The molecule has 1 heterocycles. The number of aromatic amines is 1. The fourth-order valence-electron chi connectivity index (χ4n) is 1.54. The quantitative estimate of drug-likeness (QED) is 0.721. The minimum absolute atomic E-state index is 0.298. The van der Waals surface area contributed by atoms with E-state index < -0.39 is 0 Å². The van der Waals surface area contributed by atoms with Gasteiger partial charge in [0.15, 0.2) is 0 Å². The van der Waals surface area contributed by atoms with Crippen LogP contribution in [0.4, 0.5) is 0 Å². The SMILES string of the molecule is Cc1nc2ccc(C(C)(C)N)cc2[nH]1. The van der Waals surface area contributed by atoms with E-state index in [2.05, 4.69) is 16.0 Å². The largest absolute Gasteiger partial charge is 0.342 e. The first-order valence-corrected chi connectivity index (χ1v) is 4.72. The van der Waals surface area contributed by atoms with E-state index in [1.807, 2.05) is 32.9 Å². The van der Waals surface area contributed by atoms with Crippen molar-refractivity contribution in [2.45, 2.75) is 26.3 Å². The number of fused-ring (bicyclic) bond motifs is 1. The zero-order valence-electron chi connectivity index (χ0n) is 8.76. The molecule has 0 saturated carbocycles. The highest BCUT2D eigenvalue weighted by atomic mass is 14.9. The summed E-state index contributed by atoms with van der Waals surface area (Å²) in [5, 5.41) is 0. The normalized spacial score (nSPS) is 12.3. The molecule has 1 aromatic carbocycles. The second-order valence-electron chi connectivity index (χ2n) is 4.28. The van der Waals surface area contributed by atoms with Crippen LogP contribution in [0.25, 0.3) is 11.0 Å². The third kappa shape index (κ3) is 1.51. The molecule has 0 fully saturated rings. The minimum Gasteiger partial charge on any atom is -0.342 e. The number of nitrogens with two attached hydrogens (primary N) is 1. The molecule has 0 aliphatic heterocycles. The number of benzene rings is 1. The number of imidazole rings is 1. The number of nitrogens with one attached hydrogen (secondary N) is 1. The van der Waals surface area contributed by atoms with Crippen molar-refractivity contribution >= 4 is 11.0 Å². The van der Waals surface area contributed by atoms with Crippen LogP contribution in [0.2, 0.25) is 0 Å².